The molecule has 124 valence electrons. The van der Waals surface area contributed by atoms with Crippen LogP contribution in [0.4, 0.5) is 5.69 Å². The number of hydrogen-bond donors (Lipinski definition) is 0. The quantitative estimate of drug-likeness (QED) is 0.456. The second-order valence-corrected chi connectivity index (χ2v) is 5.11. The smallest absolute Gasteiger partial charge is 0.322 e. The van der Waals surface area contributed by atoms with Gasteiger partial charge in [-0.15, -0.1) is 0 Å². The van der Waals surface area contributed by atoms with E-state index in [4.69, 9.17) is 14.3 Å². The fourth-order valence-corrected chi connectivity index (χ4v) is 2.62. The number of rotatable bonds is 5. The maximum atomic E-state index is 12.1. The fourth-order valence-electron chi connectivity index (χ4n) is 2.62. The van der Waals surface area contributed by atoms with Crippen LogP contribution in [-0.2, 0) is 28.7 Å². The molecule has 0 aliphatic carbocycles. The van der Waals surface area contributed by atoms with Gasteiger partial charge in [0.05, 0.1) is 25.9 Å². The maximum Gasteiger partial charge on any atom is 0.322 e. The third kappa shape index (κ3) is 3.68. The molecule has 1 fully saturated rings. The molecule has 2 rings (SSSR count). The first-order valence-corrected chi connectivity index (χ1v) is 7.24. The Morgan fingerprint density at radius 1 is 1.17 bits per heavy atom. The van der Waals surface area contributed by atoms with Gasteiger partial charge in [0.15, 0.2) is 12.2 Å². The molecule has 0 amide bonds. The van der Waals surface area contributed by atoms with Crippen LogP contribution in [0.25, 0.3) is 0 Å². The zero-order valence-electron chi connectivity index (χ0n) is 13.0. The Morgan fingerprint density at radius 2 is 1.78 bits per heavy atom. The summed E-state index contributed by atoms with van der Waals surface area (Å²) in [5.41, 5.74) is 0.641. The Morgan fingerprint density at radius 3 is 2.30 bits per heavy atom. The van der Waals surface area contributed by atoms with Gasteiger partial charge in [-0.05, 0) is 25.0 Å². The SMILES string of the molecule is COC(=O)C(C(=O)OC)[C@H]1CC[C@H](C=O)ON1c1ccccc1. The fraction of sp³-hybridized carbons (Fsp3) is 0.438. The molecule has 0 N–H and O–H groups in total. The highest BCUT2D eigenvalue weighted by molar-refractivity contribution is 5.96. The van der Waals surface area contributed by atoms with Gasteiger partial charge in [0.25, 0.3) is 0 Å². The summed E-state index contributed by atoms with van der Waals surface area (Å²) in [6.45, 7) is 0. The molecule has 23 heavy (non-hydrogen) atoms. The summed E-state index contributed by atoms with van der Waals surface area (Å²) in [5, 5.41) is 1.43. The minimum Gasteiger partial charge on any atom is -0.468 e. The van der Waals surface area contributed by atoms with Crippen molar-refractivity contribution in [3.63, 3.8) is 0 Å². The van der Waals surface area contributed by atoms with Crippen molar-refractivity contribution in [2.24, 2.45) is 5.92 Å². The summed E-state index contributed by atoms with van der Waals surface area (Å²) >= 11 is 0. The van der Waals surface area contributed by atoms with Crippen molar-refractivity contribution in [1.82, 2.24) is 0 Å². The van der Waals surface area contributed by atoms with E-state index in [1.807, 2.05) is 6.07 Å². The lowest BCUT2D eigenvalue weighted by atomic mass is 9.92. The lowest BCUT2D eigenvalue weighted by Crippen LogP contribution is -2.52. The standard InChI is InChI=1S/C16H19NO6/c1-21-15(19)14(16(20)22-2)13-9-8-12(10-18)23-17(13)11-6-4-3-5-7-11/h3-7,10,12-14H,8-9H2,1-2H3/t12-,13-/m1/s1. The Labute approximate surface area is 134 Å². The number of benzene rings is 1. The highest BCUT2D eigenvalue weighted by atomic mass is 16.7. The second-order valence-electron chi connectivity index (χ2n) is 5.11. The number of nitrogens with zero attached hydrogens (tertiary/aromatic N) is 1. The topological polar surface area (TPSA) is 82.1 Å². The summed E-state index contributed by atoms with van der Waals surface area (Å²) in [6, 6.07) is 8.35. The Hall–Kier alpha value is -2.41. The van der Waals surface area contributed by atoms with Gasteiger partial charge in [0, 0.05) is 0 Å². The Bertz CT molecular complexity index is 545. The van der Waals surface area contributed by atoms with Gasteiger partial charge in [0.1, 0.15) is 6.10 Å². The molecule has 1 aliphatic rings. The lowest BCUT2D eigenvalue weighted by molar-refractivity contribution is -0.163. The summed E-state index contributed by atoms with van der Waals surface area (Å²) in [7, 11) is 2.42. The van der Waals surface area contributed by atoms with Crippen molar-refractivity contribution < 1.29 is 28.7 Å². The zero-order chi connectivity index (χ0) is 16.8. The first kappa shape index (κ1) is 17.0. The molecule has 0 unspecified atom stereocenters. The highest BCUT2D eigenvalue weighted by Gasteiger charge is 2.44. The zero-order valence-corrected chi connectivity index (χ0v) is 13.0. The van der Waals surface area contributed by atoms with Gasteiger partial charge < -0.3 is 14.3 Å². The molecule has 1 aromatic carbocycles. The van der Waals surface area contributed by atoms with Crippen LogP contribution in [0.1, 0.15) is 12.8 Å². The van der Waals surface area contributed by atoms with Crippen LogP contribution in [-0.4, -0.2) is 44.6 Å². The molecule has 0 saturated carbocycles. The van der Waals surface area contributed by atoms with Crippen molar-refractivity contribution in [2.45, 2.75) is 25.0 Å². The van der Waals surface area contributed by atoms with E-state index in [0.717, 1.165) is 0 Å². The van der Waals surface area contributed by atoms with Gasteiger partial charge in [-0.2, -0.15) is 0 Å². The number of para-hydroxylation sites is 1. The predicted molar refractivity (Wildman–Crippen MR) is 80.4 cm³/mol. The molecule has 1 aromatic rings. The van der Waals surface area contributed by atoms with Gasteiger partial charge >= 0.3 is 11.9 Å². The van der Waals surface area contributed by atoms with E-state index in [-0.39, 0.29) is 0 Å². The van der Waals surface area contributed by atoms with Crippen molar-refractivity contribution in [1.29, 1.82) is 0 Å². The molecule has 2 atom stereocenters. The minimum absolute atomic E-state index is 0.405. The number of hydroxylamine groups is 1. The van der Waals surface area contributed by atoms with E-state index in [1.165, 1.54) is 19.3 Å². The maximum absolute atomic E-state index is 12.1. The normalized spacial score (nSPS) is 20.9. The molecule has 0 bridgehead atoms. The number of carbonyl (C=O) groups is 3. The van der Waals surface area contributed by atoms with Crippen LogP contribution in [0.2, 0.25) is 0 Å². The van der Waals surface area contributed by atoms with Gasteiger partial charge in [-0.3, -0.25) is 14.4 Å². The molecular formula is C16H19NO6. The number of carbonyl (C=O) groups excluding carboxylic acids is 3. The number of esters is 2. The minimum atomic E-state index is -1.15. The van der Waals surface area contributed by atoms with Gasteiger partial charge in [-0.25, -0.2) is 5.06 Å². The first-order chi connectivity index (χ1) is 11.1. The first-order valence-electron chi connectivity index (χ1n) is 7.24. The number of methoxy groups -OCH3 is 2. The summed E-state index contributed by atoms with van der Waals surface area (Å²) < 4.78 is 9.47. The summed E-state index contributed by atoms with van der Waals surface area (Å²) in [6.07, 6.45) is 0.898. The molecule has 0 aromatic heterocycles. The van der Waals surface area contributed by atoms with Crippen molar-refractivity contribution in [3.05, 3.63) is 30.3 Å². The Kier molecular flexibility index (Phi) is 5.70. The van der Waals surface area contributed by atoms with Crippen LogP contribution in [0.3, 0.4) is 0 Å². The van der Waals surface area contributed by atoms with Crippen LogP contribution < -0.4 is 5.06 Å². The average molecular weight is 321 g/mol. The monoisotopic (exact) mass is 321 g/mol. The van der Waals surface area contributed by atoms with Crippen LogP contribution in [0, 0.1) is 5.92 Å². The van der Waals surface area contributed by atoms with Gasteiger partial charge in [-0.1, -0.05) is 18.2 Å². The van der Waals surface area contributed by atoms with Crippen LogP contribution in [0.15, 0.2) is 30.3 Å². The number of anilines is 1. The molecule has 7 heteroatoms. The van der Waals surface area contributed by atoms with E-state index >= 15 is 0 Å². The van der Waals surface area contributed by atoms with E-state index in [2.05, 4.69) is 0 Å². The number of aldehydes is 1. The van der Waals surface area contributed by atoms with E-state index in [0.29, 0.717) is 24.8 Å². The number of ether oxygens (including phenoxy) is 2. The summed E-state index contributed by atoms with van der Waals surface area (Å²) in [5.74, 6) is -2.55. The molecule has 7 nitrogen and oxygen atoms in total. The molecular weight excluding hydrogens is 302 g/mol. The summed E-state index contributed by atoms with van der Waals surface area (Å²) in [4.78, 5) is 40.8. The second kappa shape index (κ2) is 7.73. The average Bonchev–Trinajstić information content (AvgIpc) is 2.62. The molecule has 0 radical (unpaired) electrons. The van der Waals surface area contributed by atoms with Crippen LogP contribution in [0.5, 0.6) is 0 Å². The Balaban J connectivity index is 2.37. The molecule has 1 aliphatic heterocycles. The number of hydrogen-bond acceptors (Lipinski definition) is 7. The van der Waals surface area contributed by atoms with Crippen molar-refractivity contribution >= 4 is 23.9 Å². The molecule has 1 heterocycles. The third-order valence-corrected chi connectivity index (χ3v) is 3.75. The van der Waals surface area contributed by atoms with Crippen molar-refractivity contribution in [3.8, 4) is 0 Å². The largest absolute Gasteiger partial charge is 0.468 e. The molecule has 1 saturated heterocycles. The predicted octanol–water partition coefficient (Wildman–Crippen LogP) is 1.12. The van der Waals surface area contributed by atoms with Crippen molar-refractivity contribution in [2.75, 3.05) is 19.3 Å². The van der Waals surface area contributed by atoms with E-state index in [9.17, 15) is 14.4 Å². The van der Waals surface area contributed by atoms with E-state index in [1.54, 1.807) is 24.3 Å². The lowest BCUT2D eigenvalue weighted by Gasteiger charge is -2.40. The highest BCUT2D eigenvalue weighted by Crippen LogP contribution is 2.31. The van der Waals surface area contributed by atoms with E-state index < -0.39 is 30.0 Å². The van der Waals surface area contributed by atoms with Gasteiger partial charge in [0.2, 0.25) is 0 Å². The third-order valence-electron chi connectivity index (χ3n) is 3.75. The van der Waals surface area contributed by atoms with Crippen LogP contribution >= 0.6 is 0 Å². The molecule has 0 spiro atoms.